The Morgan fingerprint density at radius 2 is 1.82 bits per heavy atom. The average molecular weight is 300 g/mol. The molecule has 1 N–H and O–H groups in total. The van der Waals surface area contributed by atoms with Crippen LogP contribution in [0.2, 0.25) is 0 Å². The number of aryl methyl sites for hydroxylation is 1. The molecule has 1 fully saturated rings. The number of fused-ring (bicyclic) bond motifs is 3. The van der Waals surface area contributed by atoms with Crippen molar-refractivity contribution in [2.75, 3.05) is 31.5 Å². The van der Waals surface area contributed by atoms with E-state index in [0.29, 0.717) is 0 Å². The third kappa shape index (κ3) is 2.67. The zero-order valence-electron chi connectivity index (χ0n) is 13.1. The predicted octanol–water partition coefficient (Wildman–Crippen LogP) is 1.90. The lowest BCUT2D eigenvalue weighted by Crippen LogP contribution is -2.34. The van der Waals surface area contributed by atoms with Crippen LogP contribution in [-0.2, 0) is 12.8 Å². The van der Waals surface area contributed by atoms with Crippen LogP contribution in [0, 0.1) is 0 Å². The fourth-order valence-electron chi connectivity index (χ4n) is 3.74. The first-order chi connectivity index (χ1) is 10.9. The van der Waals surface area contributed by atoms with Gasteiger partial charge >= 0.3 is 0 Å². The summed E-state index contributed by atoms with van der Waals surface area (Å²) in [7, 11) is 0. The third-order valence-corrected chi connectivity index (χ3v) is 4.93. The van der Waals surface area contributed by atoms with Gasteiger partial charge in [-0.15, -0.1) is 15.3 Å². The molecule has 0 unspecified atom stereocenters. The number of anilines is 1. The van der Waals surface area contributed by atoms with Gasteiger partial charge in [-0.1, -0.05) is 6.42 Å². The molecule has 2 aliphatic rings. The second-order valence-corrected chi connectivity index (χ2v) is 6.44. The van der Waals surface area contributed by atoms with E-state index < -0.39 is 0 Å². The molecule has 3 heterocycles. The van der Waals surface area contributed by atoms with Crippen LogP contribution >= 0.6 is 0 Å². The third-order valence-electron chi connectivity index (χ3n) is 4.93. The van der Waals surface area contributed by atoms with Gasteiger partial charge in [0.15, 0.2) is 11.5 Å². The van der Waals surface area contributed by atoms with Crippen molar-refractivity contribution in [1.29, 1.82) is 0 Å². The van der Waals surface area contributed by atoms with Gasteiger partial charge in [-0.3, -0.25) is 0 Å². The normalized spacial score (nSPS) is 19.3. The van der Waals surface area contributed by atoms with Crippen molar-refractivity contribution in [3.05, 3.63) is 17.5 Å². The lowest BCUT2D eigenvalue weighted by Gasteiger charge is -2.27. The number of piperidine rings is 1. The Bertz CT molecular complexity index is 643. The van der Waals surface area contributed by atoms with Crippen LogP contribution < -0.4 is 5.32 Å². The standard InChI is InChI=1S/C16H24N6/c1-4-9-21(10-5-1)11-8-17-15-13-6-2-3-7-14(13)16-19-18-12-22(16)20-15/h12H,1-11H2,(H,17,20). The molecule has 6 heteroatoms. The van der Waals surface area contributed by atoms with E-state index in [0.717, 1.165) is 37.4 Å². The number of rotatable bonds is 4. The molecule has 1 aliphatic heterocycles. The molecule has 0 bridgehead atoms. The second kappa shape index (κ2) is 6.20. The van der Waals surface area contributed by atoms with Crippen molar-refractivity contribution < 1.29 is 0 Å². The number of likely N-dealkylation sites (tertiary alicyclic amines) is 1. The van der Waals surface area contributed by atoms with E-state index in [4.69, 9.17) is 5.10 Å². The second-order valence-electron chi connectivity index (χ2n) is 6.44. The molecule has 6 nitrogen and oxygen atoms in total. The molecule has 4 rings (SSSR count). The molecule has 0 aromatic carbocycles. The topological polar surface area (TPSA) is 58.4 Å². The van der Waals surface area contributed by atoms with E-state index in [9.17, 15) is 0 Å². The Kier molecular flexibility index (Phi) is 3.93. The Morgan fingerprint density at radius 3 is 2.68 bits per heavy atom. The minimum absolute atomic E-state index is 0.941. The zero-order chi connectivity index (χ0) is 14.8. The Hall–Kier alpha value is -1.69. The largest absolute Gasteiger partial charge is 0.367 e. The summed E-state index contributed by atoms with van der Waals surface area (Å²) in [5.74, 6) is 1.04. The summed E-state index contributed by atoms with van der Waals surface area (Å²) in [6.45, 7) is 4.57. The number of aromatic nitrogens is 4. The smallest absolute Gasteiger partial charge is 0.181 e. The van der Waals surface area contributed by atoms with Crippen LogP contribution in [0.25, 0.3) is 5.65 Å². The van der Waals surface area contributed by atoms with Gasteiger partial charge in [-0.25, -0.2) is 0 Å². The molecule has 0 amide bonds. The minimum Gasteiger partial charge on any atom is -0.367 e. The van der Waals surface area contributed by atoms with E-state index >= 15 is 0 Å². The number of hydrogen-bond donors (Lipinski definition) is 1. The van der Waals surface area contributed by atoms with Crippen LogP contribution in [0.15, 0.2) is 6.33 Å². The fourth-order valence-corrected chi connectivity index (χ4v) is 3.74. The molecule has 0 atom stereocenters. The van der Waals surface area contributed by atoms with Gasteiger partial charge in [-0.05, 0) is 51.6 Å². The number of hydrogen-bond acceptors (Lipinski definition) is 5. The zero-order valence-corrected chi connectivity index (χ0v) is 13.1. The molecule has 118 valence electrons. The van der Waals surface area contributed by atoms with Gasteiger partial charge in [0.2, 0.25) is 0 Å². The molecule has 2 aromatic heterocycles. The highest BCUT2D eigenvalue weighted by Gasteiger charge is 2.20. The highest BCUT2D eigenvalue weighted by molar-refractivity contribution is 5.59. The van der Waals surface area contributed by atoms with Crippen LogP contribution in [-0.4, -0.2) is 50.9 Å². The molecule has 0 saturated carbocycles. The van der Waals surface area contributed by atoms with Crippen molar-refractivity contribution in [3.8, 4) is 0 Å². The van der Waals surface area contributed by atoms with Crippen molar-refractivity contribution >= 4 is 11.5 Å². The molecular formula is C16H24N6. The van der Waals surface area contributed by atoms with E-state index in [1.165, 1.54) is 56.3 Å². The molecule has 2 aromatic rings. The molecule has 1 aliphatic carbocycles. The van der Waals surface area contributed by atoms with Crippen molar-refractivity contribution in [2.45, 2.75) is 44.9 Å². The Labute approximate surface area is 130 Å². The molecule has 0 spiro atoms. The maximum absolute atomic E-state index is 4.69. The van der Waals surface area contributed by atoms with E-state index in [1.807, 2.05) is 4.52 Å². The highest BCUT2D eigenvalue weighted by Crippen LogP contribution is 2.28. The molecule has 1 saturated heterocycles. The minimum atomic E-state index is 0.941. The van der Waals surface area contributed by atoms with Crippen molar-refractivity contribution in [2.24, 2.45) is 0 Å². The maximum Gasteiger partial charge on any atom is 0.181 e. The van der Waals surface area contributed by atoms with Gasteiger partial charge < -0.3 is 10.2 Å². The summed E-state index contributed by atoms with van der Waals surface area (Å²) < 4.78 is 1.83. The predicted molar refractivity (Wildman–Crippen MR) is 86.2 cm³/mol. The monoisotopic (exact) mass is 300 g/mol. The number of nitrogens with zero attached hydrogens (tertiary/aromatic N) is 5. The maximum atomic E-state index is 4.69. The lowest BCUT2D eigenvalue weighted by molar-refractivity contribution is 0.237. The first-order valence-electron chi connectivity index (χ1n) is 8.60. The highest BCUT2D eigenvalue weighted by atomic mass is 15.4. The number of nitrogens with one attached hydrogen (secondary N) is 1. The molecule has 22 heavy (non-hydrogen) atoms. The van der Waals surface area contributed by atoms with E-state index in [-0.39, 0.29) is 0 Å². The molecular weight excluding hydrogens is 276 g/mol. The van der Waals surface area contributed by atoms with E-state index in [1.54, 1.807) is 6.33 Å². The van der Waals surface area contributed by atoms with Gasteiger partial charge in [-0.2, -0.15) is 4.52 Å². The van der Waals surface area contributed by atoms with Crippen molar-refractivity contribution in [3.63, 3.8) is 0 Å². The van der Waals surface area contributed by atoms with Crippen LogP contribution in [0.5, 0.6) is 0 Å². The van der Waals surface area contributed by atoms with Gasteiger partial charge in [0, 0.05) is 24.2 Å². The molecule has 0 radical (unpaired) electrons. The van der Waals surface area contributed by atoms with E-state index in [2.05, 4.69) is 20.4 Å². The lowest BCUT2D eigenvalue weighted by atomic mass is 9.93. The fraction of sp³-hybridized carbons (Fsp3) is 0.688. The Morgan fingerprint density at radius 1 is 1.00 bits per heavy atom. The van der Waals surface area contributed by atoms with Gasteiger partial charge in [0.05, 0.1) is 0 Å². The van der Waals surface area contributed by atoms with Crippen LogP contribution in [0.3, 0.4) is 0 Å². The first kappa shape index (κ1) is 13.9. The first-order valence-corrected chi connectivity index (χ1v) is 8.60. The summed E-state index contributed by atoms with van der Waals surface area (Å²) in [4.78, 5) is 2.56. The van der Waals surface area contributed by atoms with Crippen LogP contribution in [0.4, 0.5) is 5.82 Å². The Balaban J connectivity index is 1.50. The summed E-state index contributed by atoms with van der Waals surface area (Å²) in [6, 6.07) is 0. The summed E-state index contributed by atoms with van der Waals surface area (Å²) >= 11 is 0. The van der Waals surface area contributed by atoms with Gasteiger partial charge in [0.25, 0.3) is 0 Å². The average Bonchev–Trinajstić information content (AvgIpc) is 3.04. The van der Waals surface area contributed by atoms with Crippen molar-refractivity contribution in [1.82, 2.24) is 24.7 Å². The summed E-state index contributed by atoms with van der Waals surface area (Å²) in [5.41, 5.74) is 3.65. The summed E-state index contributed by atoms with van der Waals surface area (Å²) in [6.07, 6.45) is 10.5. The SMILES string of the molecule is c1nnc2c3c(c(NCCN4CCCCC4)nn12)CCCC3. The van der Waals surface area contributed by atoms with Gasteiger partial charge in [0.1, 0.15) is 6.33 Å². The van der Waals surface area contributed by atoms with Crippen LogP contribution in [0.1, 0.15) is 43.2 Å². The summed E-state index contributed by atoms with van der Waals surface area (Å²) in [5, 5.41) is 16.5. The quantitative estimate of drug-likeness (QED) is 0.934.